The fourth-order valence-electron chi connectivity index (χ4n) is 4.56. The fraction of sp³-hybridized carbons (Fsp3) is 0.258. The van der Waals surface area contributed by atoms with Gasteiger partial charge >= 0.3 is 18.2 Å². The van der Waals surface area contributed by atoms with E-state index < -0.39 is 12.1 Å². The topological polar surface area (TPSA) is 108 Å². The van der Waals surface area contributed by atoms with Crippen molar-refractivity contribution in [2.75, 3.05) is 26.2 Å². The Morgan fingerprint density at radius 3 is 2.48 bits per heavy atom. The average molecular weight is 581 g/mol. The number of H-pyrrole nitrogens is 1. The number of aromatic nitrogens is 2. The van der Waals surface area contributed by atoms with E-state index in [-0.39, 0.29) is 12.7 Å². The number of carbonyl (C=O) groups is 2. The van der Waals surface area contributed by atoms with Crippen molar-refractivity contribution >= 4 is 23.1 Å². The number of aliphatic carboxylic acids is 1. The lowest BCUT2D eigenvalue weighted by Gasteiger charge is -2.16. The number of carboxylic acids is 1. The molecule has 1 atom stereocenters. The zero-order valence-electron chi connectivity index (χ0n) is 22.7. The van der Waals surface area contributed by atoms with Crippen LogP contribution < -0.4 is 5.32 Å². The highest BCUT2D eigenvalue weighted by molar-refractivity contribution is 5.80. The highest BCUT2D eigenvalue weighted by Crippen LogP contribution is 2.27. The summed E-state index contributed by atoms with van der Waals surface area (Å²) >= 11 is 0. The van der Waals surface area contributed by atoms with Crippen molar-refractivity contribution < 1.29 is 32.6 Å². The number of nitrogens with zero attached hydrogens (tertiary/aromatic N) is 2. The van der Waals surface area contributed by atoms with Crippen molar-refractivity contribution in [2.24, 2.45) is 5.92 Å². The lowest BCUT2D eigenvalue weighted by atomic mass is 10.0. The number of carboxylic acid groups (broad SMARTS) is 1. The van der Waals surface area contributed by atoms with Crippen LogP contribution in [0.3, 0.4) is 0 Å². The van der Waals surface area contributed by atoms with Crippen LogP contribution in [-0.2, 0) is 16.1 Å². The van der Waals surface area contributed by atoms with E-state index in [1.165, 1.54) is 11.1 Å². The first-order chi connectivity index (χ1) is 20.1. The summed E-state index contributed by atoms with van der Waals surface area (Å²) in [6, 6.07) is 25.2. The van der Waals surface area contributed by atoms with Gasteiger partial charge in [-0.15, -0.1) is 0 Å². The number of halogens is 3. The van der Waals surface area contributed by atoms with E-state index in [0.717, 1.165) is 60.6 Å². The van der Waals surface area contributed by atoms with E-state index in [1.807, 2.05) is 24.3 Å². The number of aromatic amines is 1. The van der Waals surface area contributed by atoms with Crippen LogP contribution in [-0.4, -0.2) is 64.5 Å². The van der Waals surface area contributed by atoms with Crippen molar-refractivity contribution in [3.05, 3.63) is 91.0 Å². The van der Waals surface area contributed by atoms with Crippen LogP contribution in [0, 0.1) is 5.92 Å². The Morgan fingerprint density at radius 2 is 1.79 bits per heavy atom. The third-order valence-electron chi connectivity index (χ3n) is 6.69. The molecule has 1 unspecified atom stereocenters. The molecule has 3 N–H and O–H groups in total. The normalized spacial score (nSPS) is 14.7. The molecule has 1 aliphatic heterocycles. The van der Waals surface area contributed by atoms with Crippen molar-refractivity contribution in [1.29, 1.82) is 0 Å². The maximum absolute atomic E-state index is 12.0. The molecule has 1 saturated heterocycles. The van der Waals surface area contributed by atoms with Crippen LogP contribution in [0.5, 0.6) is 0 Å². The van der Waals surface area contributed by atoms with Gasteiger partial charge in [0.15, 0.2) is 0 Å². The van der Waals surface area contributed by atoms with Gasteiger partial charge in [0, 0.05) is 31.7 Å². The second kappa shape index (κ2) is 13.8. The van der Waals surface area contributed by atoms with Crippen LogP contribution in [0.25, 0.3) is 33.5 Å². The Labute approximate surface area is 240 Å². The summed E-state index contributed by atoms with van der Waals surface area (Å²) in [5, 5.41) is 10.7. The van der Waals surface area contributed by atoms with E-state index in [0.29, 0.717) is 5.92 Å². The van der Waals surface area contributed by atoms with Gasteiger partial charge in [0.25, 0.3) is 0 Å². The van der Waals surface area contributed by atoms with Gasteiger partial charge in [-0.05, 0) is 47.2 Å². The number of carbonyl (C=O) groups excluding carboxylic acids is 1. The molecule has 2 heterocycles. The van der Waals surface area contributed by atoms with Gasteiger partial charge in [-0.1, -0.05) is 67.3 Å². The smallest absolute Gasteiger partial charge is 0.475 e. The van der Waals surface area contributed by atoms with Crippen LogP contribution in [0.4, 0.5) is 18.0 Å². The first-order valence-corrected chi connectivity index (χ1v) is 13.3. The molecule has 5 rings (SSSR count). The Balaban J connectivity index is 0.000000517. The highest BCUT2D eigenvalue weighted by atomic mass is 19.4. The summed E-state index contributed by atoms with van der Waals surface area (Å²) in [6.45, 7) is 7.02. The minimum atomic E-state index is -5.08. The molecule has 42 heavy (non-hydrogen) atoms. The highest BCUT2D eigenvalue weighted by Gasteiger charge is 2.38. The molecule has 3 aromatic carbocycles. The standard InChI is InChI=1S/C29H30N4O2.C2HF3O2/c1-2-16-35-29(34)33-15-14-22(20-33)19-30-18-21-10-12-23(13-11-21)24-6-5-7-25(17-24)28-31-26-8-3-4-9-27(26)32-28;3-2(4,5)1(6)7/h2-13,17,22,30H,1,14-16,18-20H2,(H,31,32);(H,6,7). The first-order valence-electron chi connectivity index (χ1n) is 13.3. The summed E-state index contributed by atoms with van der Waals surface area (Å²) < 4.78 is 36.9. The second-order valence-electron chi connectivity index (χ2n) is 9.78. The summed E-state index contributed by atoms with van der Waals surface area (Å²) in [4.78, 5) is 30.8. The molecule has 0 spiro atoms. The van der Waals surface area contributed by atoms with Crippen LogP contribution >= 0.6 is 0 Å². The number of amides is 1. The van der Waals surface area contributed by atoms with Gasteiger partial charge < -0.3 is 25.0 Å². The largest absolute Gasteiger partial charge is 0.490 e. The molecule has 0 aliphatic carbocycles. The number of alkyl halides is 3. The molecule has 4 aromatic rings. The summed E-state index contributed by atoms with van der Waals surface area (Å²) in [6.07, 6.45) is -2.74. The number of hydrogen-bond donors (Lipinski definition) is 3. The van der Waals surface area contributed by atoms with Gasteiger partial charge in [-0.25, -0.2) is 14.6 Å². The maximum atomic E-state index is 12.0. The van der Waals surface area contributed by atoms with Crippen LogP contribution in [0.15, 0.2) is 85.5 Å². The zero-order chi connectivity index (χ0) is 30.1. The van der Waals surface area contributed by atoms with Gasteiger partial charge in [-0.2, -0.15) is 13.2 Å². The number of ether oxygens (including phenoxy) is 1. The number of nitrogens with one attached hydrogen (secondary N) is 2. The fourth-order valence-corrected chi connectivity index (χ4v) is 4.56. The first kappa shape index (κ1) is 30.3. The molecule has 220 valence electrons. The van der Waals surface area contributed by atoms with E-state index >= 15 is 0 Å². The monoisotopic (exact) mass is 580 g/mol. The zero-order valence-corrected chi connectivity index (χ0v) is 22.7. The Kier molecular flexibility index (Phi) is 9.98. The van der Waals surface area contributed by atoms with Gasteiger partial charge in [0.2, 0.25) is 0 Å². The van der Waals surface area contributed by atoms with E-state index in [9.17, 15) is 18.0 Å². The number of imidazole rings is 1. The number of rotatable bonds is 8. The molecule has 8 nitrogen and oxygen atoms in total. The predicted octanol–water partition coefficient (Wildman–Crippen LogP) is 6.26. The number of para-hydroxylation sites is 2. The Morgan fingerprint density at radius 1 is 1.07 bits per heavy atom. The third-order valence-corrected chi connectivity index (χ3v) is 6.69. The van der Waals surface area contributed by atoms with Crippen molar-refractivity contribution in [3.8, 4) is 22.5 Å². The lowest BCUT2D eigenvalue weighted by Crippen LogP contribution is -2.31. The van der Waals surface area contributed by atoms with Gasteiger partial charge in [0.1, 0.15) is 12.4 Å². The molecular formula is C31H31F3N4O4. The molecule has 1 aliphatic rings. The summed E-state index contributed by atoms with van der Waals surface area (Å²) in [7, 11) is 0. The maximum Gasteiger partial charge on any atom is 0.490 e. The van der Waals surface area contributed by atoms with Crippen LogP contribution in [0.2, 0.25) is 0 Å². The van der Waals surface area contributed by atoms with E-state index in [2.05, 4.69) is 65.4 Å². The average Bonchev–Trinajstić information content (AvgIpc) is 3.64. The van der Waals surface area contributed by atoms with Crippen molar-refractivity contribution in [3.63, 3.8) is 0 Å². The quantitative estimate of drug-likeness (QED) is 0.212. The summed E-state index contributed by atoms with van der Waals surface area (Å²) in [5.41, 5.74) is 6.67. The molecule has 1 amide bonds. The molecule has 1 aromatic heterocycles. The molecule has 0 bridgehead atoms. The minimum absolute atomic E-state index is 0.243. The molecular weight excluding hydrogens is 549 g/mol. The summed E-state index contributed by atoms with van der Waals surface area (Å²) in [5.74, 6) is -1.42. The van der Waals surface area contributed by atoms with Gasteiger partial charge in [-0.3, -0.25) is 0 Å². The molecule has 0 saturated carbocycles. The van der Waals surface area contributed by atoms with E-state index in [1.54, 1.807) is 11.0 Å². The Bertz CT molecular complexity index is 1490. The number of benzene rings is 3. The Hall–Kier alpha value is -4.64. The SMILES string of the molecule is C=CCOC(=O)N1CCC(CNCc2ccc(-c3cccc(-c4nc5ccccc5[nH]4)c3)cc2)C1.O=C(O)C(F)(F)F. The molecule has 1 fully saturated rings. The number of likely N-dealkylation sites (tertiary alicyclic amines) is 1. The van der Waals surface area contributed by atoms with E-state index in [4.69, 9.17) is 19.6 Å². The second-order valence-corrected chi connectivity index (χ2v) is 9.78. The molecule has 11 heteroatoms. The third kappa shape index (κ3) is 8.20. The van der Waals surface area contributed by atoms with Crippen LogP contribution in [0.1, 0.15) is 12.0 Å². The minimum Gasteiger partial charge on any atom is -0.475 e. The number of hydrogen-bond acceptors (Lipinski definition) is 5. The van der Waals surface area contributed by atoms with Gasteiger partial charge in [0.05, 0.1) is 11.0 Å². The number of fused-ring (bicyclic) bond motifs is 1. The lowest BCUT2D eigenvalue weighted by molar-refractivity contribution is -0.192. The molecule has 0 radical (unpaired) electrons. The van der Waals surface area contributed by atoms with Crippen molar-refractivity contribution in [1.82, 2.24) is 20.2 Å². The predicted molar refractivity (Wildman–Crippen MR) is 154 cm³/mol. The van der Waals surface area contributed by atoms with Crippen molar-refractivity contribution in [2.45, 2.75) is 19.1 Å².